The van der Waals surface area contributed by atoms with E-state index in [1.165, 1.54) is 19.3 Å². The number of nitrogens with zero attached hydrogens (tertiary/aromatic N) is 4. The Kier molecular flexibility index (Phi) is 6.41. The molecule has 6 nitrogen and oxygen atoms in total. The van der Waals surface area contributed by atoms with Gasteiger partial charge in [-0.3, -0.25) is 4.57 Å². The lowest BCUT2D eigenvalue weighted by molar-refractivity contribution is 0.652. The van der Waals surface area contributed by atoms with Gasteiger partial charge in [-0.1, -0.05) is 32.3 Å². The van der Waals surface area contributed by atoms with Crippen molar-refractivity contribution in [1.82, 2.24) is 19.9 Å². The van der Waals surface area contributed by atoms with E-state index in [2.05, 4.69) is 27.2 Å². The van der Waals surface area contributed by atoms with Crippen molar-refractivity contribution >= 4 is 5.96 Å². The molecule has 0 fully saturated rings. The highest BCUT2D eigenvalue weighted by Crippen LogP contribution is 2.06. The molecule has 6 heteroatoms. The third-order valence-electron chi connectivity index (χ3n) is 3.35. The zero-order valence-electron chi connectivity index (χ0n) is 13.1. The van der Waals surface area contributed by atoms with Crippen LogP contribution in [0.3, 0.4) is 0 Å². The Labute approximate surface area is 131 Å². The summed E-state index contributed by atoms with van der Waals surface area (Å²) in [5, 5.41) is 3.14. The quantitative estimate of drug-likeness (QED) is 0.445. The van der Waals surface area contributed by atoms with Crippen LogP contribution in [0.25, 0.3) is 5.82 Å². The van der Waals surface area contributed by atoms with Crippen LogP contribution in [0, 0.1) is 0 Å². The summed E-state index contributed by atoms with van der Waals surface area (Å²) >= 11 is 0. The van der Waals surface area contributed by atoms with E-state index >= 15 is 0 Å². The summed E-state index contributed by atoms with van der Waals surface area (Å²) in [6.07, 6.45) is 12.0. The highest BCUT2D eigenvalue weighted by atomic mass is 15.1. The minimum atomic E-state index is 0.496. The number of guanidine groups is 1. The highest BCUT2D eigenvalue weighted by molar-refractivity contribution is 5.77. The van der Waals surface area contributed by atoms with Crippen LogP contribution in [0.2, 0.25) is 0 Å². The van der Waals surface area contributed by atoms with Gasteiger partial charge < -0.3 is 11.1 Å². The van der Waals surface area contributed by atoms with Gasteiger partial charge in [-0.15, -0.1) is 0 Å². The molecule has 0 amide bonds. The van der Waals surface area contributed by atoms with Gasteiger partial charge in [0.25, 0.3) is 0 Å². The predicted molar refractivity (Wildman–Crippen MR) is 88.8 cm³/mol. The summed E-state index contributed by atoms with van der Waals surface area (Å²) in [6, 6.07) is 3.95. The van der Waals surface area contributed by atoms with Crippen molar-refractivity contribution in [1.29, 1.82) is 0 Å². The Hall–Kier alpha value is -2.37. The number of hydrogen-bond acceptors (Lipinski definition) is 3. The molecule has 0 aromatic carbocycles. The first kappa shape index (κ1) is 16.0. The van der Waals surface area contributed by atoms with E-state index in [-0.39, 0.29) is 0 Å². The normalized spacial score (nSPS) is 11.6. The summed E-state index contributed by atoms with van der Waals surface area (Å²) < 4.78 is 1.86. The number of hydrogen-bond donors (Lipinski definition) is 2. The molecule has 0 radical (unpaired) electrons. The minimum absolute atomic E-state index is 0.496. The van der Waals surface area contributed by atoms with Crippen LogP contribution in [-0.4, -0.2) is 27.0 Å². The molecule has 2 aromatic rings. The van der Waals surface area contributed by atoms with Crippen LogP contribution in [0.5, 0.6) is 0 Å². The maximum absolute atomic E-state index is 5.85. The maximum atomic E-state index is 5.85. The molecular weight excluding hydrogens is 276 g/mol. The van der Waals surface area contributed by atoms with E-state index in [0.717, 1.165) is 24.3 Å². The average molecular weight is 300 g/mol. The summed E-state index contributed by atoms with van der Waals surface area (Å²) in [7, 11) is 0. The van der Waals surface area contributed by atoms with Crippen molar-refractivity contribution in [2.24, 2.45) is 10.7 Å². The van der Waals surface area contributed by atoms with Gasteiger partial charge >= 0.3 is 0 Å². The Morgan fingerprint density at radius 1 is 1.32 bits per heavy atom. The minimum Gasteiger partial charge on any atom is -0.370 e. The Bertz CT molecular complexity index is 559. The van der Waals surface area contributed by atoms with Crippen LogP contribution in [0.15, 0.2) is 42.0 Å². The number of rotatable bonds is 8. The van der Waals surface area contributed by atoms with Crippen molar-refractivity contribution in [2.75, 3.05) is 6.54 Å². The first-order valence-corrected chi connectivity index (χ1v) is 7.76. The van der Waals surface area contributed by atoms with Gasteiger partial charge in [0.2, 0.25) is 0 Å². The highest BCUT2D eigenvalue weighted by Gasteiger charge is 1.98. The number of pyridine rings is 1. The molecule has 0 aliphatic carbocycles. The van der Waals surface area contributed by atoms with E-state index in [0.29, 0.717) is 12.5 Å². The Balaban J connectivity index is 1.77. The molecule has 2 heterocycles. The van der Waals surface area contributed by atoms with Crippen LogP contribution in [0.1, 0.15) is 38.2 Å². The second-order valence-electron chi connectivity index (χ2n) is 5.18. The molecule has 0 bridgehead atoms. The fourth-order valence-corrected chi connectivity index (χ4v) is 2.06. The predicted octanol–water partition coefficient (Wildman–Crippen LogP) is 2.25. The molecule has 0 unspecified atom stereocenters. The molecule has 0 aliphatic heterocycles. The van der Waals surface area contributed by atoms with Gasteiger partial charge in [-0.05, 0) is 18.1 Å². The van der Waals surface area contributed by atoms with E-state index < -0.39 is 0 Å². The number of aliphatic imine (C=N–C) groups is 1. The third kappa shape index (κ3) is 5.20. The Morgan fingerprint density at radius 3 is 2.91 bits per heavy atom. The van der Waals surface area contributed by atoms with Crippen LogP contribution < -0.4 is 11.1 Å². The Morgan fingerprint density at radius 2 is 2.23 bits per heavy atom. The summed E-state index contributed by atoms with van der Waals surface area (Å²) in [6.45, 7) is 3.62. The molecule has 0 saturated heterocycles. The van der Waals surface area contributed by atoms with Gasteiger partial charge in [0.1, 0.15) is 12.1 Å². The number of nitrogens with two attached hydrogens (primary N) is 1. The van der Waals surface area contributed by atoms with Crippen molar-refractivity contribution in [2.45, 2.75) is 39.2 Å². The van der Waals surface area contributed by atoms with Crippen LogP contribution in [-0.2, 0) is 6.54 Å². The summed E-state index contributed by atoms with van der Waals surface area (Å²) in [4.78, 5) is 12.7. The molecule has 0 aliphatic rings. The van der Waals surface area contributed by atoms with Gasteiger partial charge in [0.05, 0.1) is 6.54 Å². The molecule has 0 saturated carbocycles. The standard InChI is InChI=1S/C16H24N6/c1-2-3-4-5-8-19-16(17)21-12-14-6-7-15(20-11-14)22-10-9-18-13-22/h6-7,9-11,13H,2-5,8,12H2,1H3,(H3,17,19,21). The largest absolute Gasteiger partial charge is 0.370 e. The zero-order chi connectivity index (χ0) is 15.6. The van der Waals surface area contributed by atoms with Crippen molar-refractivity contribution < 1.29 is 0 Å². The smallest absolute Gasteiger partial charge is 0.188 e. The fraction of sp³-hybridized carbons (Fsp3) is 0.438. The van der Waals surface area contributed by atoms with Gasteiger partial charge in [0.15, 0.2) is 5.96 Å². The molecule has 3 N–H and O–H groups in total. The first-order valence-electron chi connectivity index (χ1n) is 7.76. The fourth-order valence-electron chi connectivity index (χ4n) is 2.06. The van der Waals surface area contributed by atoms with Gasteiger partial charge in [-0.25, -0.2) is 15.0 Å². The SMILES string of the molecule is CCCCCCNC(N)=NCc1ccc(-n2ccnc2)nc1. The number of imidazole rings is 1. The van der Waals surface area contributed by atoms with Crippen molar-refractivity contribution in [3.63, 3.8) is 0 Å². The second kappa shape index (κ2) is 8.81. The van der Waals surface area contributed by atoms with Crippen LogP contribution >= 0.6 is 0 Å². The summed E-state index contributed by atoms with van der Waals surface area (Å²) in [5.74, 6) is 1.34. The molecule has 118 valence electrons. The zero-order valence-corrected chi connectivity index (χ0v) is 13.1. The van der Waals surface area contributed by atoms with Crippen molar-refractivity contribution in [3.05, 3.63) is 42.6 Å². The third-order valence-corrected chi connectivity index (χ3v) is 3.35. The monoisotopic (exact) mass is 300 g/mol. The number of nitrogens with one attached hydrogen (secondary N) is 1. The second-order valence-corrected chi connectivity index (χ2v) is 5.18. The lowest BCUT2D eigenvalue weighted by Crippen LogP contribution is -2.32. The molecule has 2 rings (SSSR count). The van der Waals surface area contributed by atoms with Gasteiger partial charge in [-0.2, -0.15) is 0 Å². The first-order chi connectivity index (χ1) is 10.8. The lowest BCUT2D eigenvalue weighted by atomic mass is 10.2. The van der Waals surface area contributed by atoms with E-state index in [1.807, 2.05) is 29.1 Å². The number of aromatic nitrogens is 3. The average Bonchev–Trinajstić information content (AvgIpc) is 3.08. The van der Waals surface area contributed by atoms with E-state index in [9.17, 15) is 0 Å². The molecule has 2 aromatic heterocycles. The van der Waals surface area contributed by atoms with Gasteiger partial charge in [0, 0.05) is 25.1 Å². The van der Waals surface area contributed by atoms with Crippen LogP contribution in [0.4, 0.5) is 0 Å². The molecule has 0 spiro atoms. The van der Waals surface area contributed by atoms with E-state index in [1.54, 1.807) is 12.5 Å². The number of unbranched alkanes of at least 4 members (excludes halogenated alkanes) is 3. The summed E-state index contributed by atoms with van der Waals surface area (Å²) in [5.41, 5.74) is 6.88. The molecule has 22 heavy (non-hydrogen) atoms. The lowest BCUT2D eigenvalue weighted by Gasteiger charge is -2.06. The topological polar surface area (TPSA) is 81.1 Å². The molecular formula is C16H24N6. The van der Waals surface area contributed by atoms with Crippen molar-refractivity contribution in [3.8, 4) is 5.82 Å². The van der Waals surface area contributed by atoms with E-state index in [4.69, 9.17) is 5.73 Å². The maximum Gasteiger partial charge on any atom is 0.188 e. The molecule has 0 atom stereocenters.